The fourth-order valence-electron chi connectivity index (χ4n) is 1.37. The van der Waals surface area contributed by atoms with Crippen LogP contribution in [0.2, 0.25) is 0 Å². The third kappa shape index (κ3) is 5.61. The predicted octanol–water partition coefficient (Wildman–Crippen LogP) is 3.33. The fraction of sp³-hybridized carbons (Fsp3) is 0.286. The van der Waals surface area contributed by atoms with Gasteiger partial charge < -0.3 is 11.1 Å². The molecule has 0 aromatic carbocycles. The smallest absolute Gasteiger partial charge is 0.0545 e. The molecule has 0 saturated carbocycles. The molecule has 0 aromatic heterocycles. The minimum Gasteiger partial charge on any atom is -0.362 e. The topological polar surface area (TPSA) is 38.0 Å². The molecule has 3 N–H and O–H groups in total. The number of thioether (sulfide) groups is 1. The SMILES string of the molecule is C=CNC(/C=C\C)=C(/C=C)C(=C)CC(N)SC. The Morgan fingerprint density at radius 3 is 2.53 bits per heavy atom. The molecule has 17 heavy (non-hydrogen) atoms. The summed E-state index contributed by atoms with van der Waals surface area (Å²) < 4.78 is 0. The zero-order chi connectivity index (χ0) is 13.3. The van der Waals surface area contributed by atoms with Crippen molar-refractivity contribution in [3.63, 3.8) is 0 Å². The Morgan fingerprint density at radius 2 is 2.12 bits per heavy atom. The van der Waals surface area contributed by atoms with Crippen molar-refractivity contribution in [2.24, 2.45) is 5.73 Å². The van der Waals surface area contributed by atoms with Crippen LogP contribution in [0.3, 0.4) is 0 Å². The average molecular weight is 250 g/mol. The Balaban J connectivity index is 5.10. The second kappa shape index (κ2) is 8.90. The summed E-state index contributed by atoms with van der Waals surface area (Å²) in [6, 6.07) is 0. The van der Waals surface area contributed by atoms with Gasteiger partial charge in [-0.3, -0.25) is 0 Å². The molecule has 0 aliphatic carbocycles. The van der Waals surface area contributed by atoms with Gasteiger partial charge in [0.05, 0.1) is 5.37 Å². The summed E-state index contributed by atoms with van der Waals surface area (Å²) in [5.41, 5.74) is 8.80. The van der Waals surface area contributed by atoms with Gasteiger partial charge in [0.2, 0.25) is 0 Å². The van der Waals surface area contributed by atoms with E-state index in [1.807, 2.05) is 25.3 Å². The minimum absolute atomic E-state index is 0.0630. The molecule has 0 fully saturated rings. The van der Waals surface area contributed by atoms with Crippen molar-refractivity contribution in [1.82, 2.24) is 5.32 Å². The summed E-state index contributed by atoms with van der Waals surface area (Å²) in [7, 11) is 0. The first-order valence-corrected chi connectivity index (χ1v) is 6.72. The van der Waals surface area contributed by atoms with Gasteiger partial charge in [-0.05, 0) is 37.4 Å². The van der Waals surface area contributed by atoms with Crippen LogP contribution in [0.25, 0.3) is 0 Å². The van der Waals surface area contributed by atoms with Crippen LogP contribution in [0.1, 0.15) is 13.3 Å². The first kappa shape index (κ1) is 15.8. The Bertz CT molecular complexity index is 340. The first-order valence-electron chi connectivity index (χ1n) is 5.44. The lowest BCUT2D eigenvalue weighted by Gasteiger charge is -2.15. The molecule has 0 spiro atoms. The van der Waals surface area contributed by atoms with E-state index in [1.165, 1.54) is 0 Å². The van der Waals surface area contributed by atoms with Gasteiger partial charge in [0.15, 0.2) is 0 Å². The maximum atomic E-state index is 5.90. The largest absolute Gasteiger partial charge is 0.362 e. The molecule has 0 radical (unpaired) electrons. The zero-order valence-electron chi connectivity index (χ0n) is 10.7. The molecule has 0 bridgehead atoms. The summed E-state index contributed by atoms with van der Waals surface area (Å²) >= 11 is 1.62. The average Bonchev–Trinajstić information content (AvgIpc) is 2.30. The number of rotatable bonds is 8. The number of nitrogens with one attached hydrogen (secondary N) is 1. The van der Waals surface area contributed by atoms with Crippen LogP contribution in [0.4, 0.5) is 0 Å². The molecule has 0 aliphatic heterocycles. The third-order valence-electron chi connectivity index (χ3n) is 2.22. The molecule has 0 saturated heterocycles. The van der Waals surface area contributed by atoms with Crippen molar-refractivity contribution in [1.29, 1.82) is 0 Å². The second-order valence-corrected chi connectivity index (χ2v) is 4.54. The van der Waals surface area contributed by atoms with Crippen molar-refractivity contribution in [3.8, 4) is 0 Å². The summed E-state index contributed by atoms with van der Waals surface area (Å²) in [6.45, 7) is 13.5. The molecule has 0 aromatic rings. The highest BCUT2D eigenvalue weighted by molar-refractivity contribution is 7.99. The lowest BCUT2D eigenvalue weighted by Crippen LogP contribution is -2.16. The molecule has 0 amide bonds. The van der Waals surface area contributed by atoms with Gasteiger partial charge in [0, 0.05) is 11.3 Å². The van der Waals surface area contributed by atoms with Gasteiger partial charge in [-0.2, -0.15) is 0 Å². The summed E-state index contributed by atoms with van der Waals surface area (Å²) in [5.74, 6) is 0. The quantitative estimate of drug-likeness (QED) is 0.512. The van der Waals surface area contributed by atoms with Crippen molar-refractivity contribution < 1.29 is 0 Å². The van der Waals surface area contributed by atoms with Crippen molar-refractivity contribution >= 4 is 11.8 Å². The zero-order valence-corrected chi connectivity index (χ0v) is 11.5. The lowest BCUT2D eigenvalue weighted by atomic mass is 10.0. The fourth-order valence-corrected chi connectivity index (χ4v) is 1.74. The molecule has 1 unspecified atom stereocenters. The van der Waals surface area contributed by atoms with E-state index in [1.54, 1.807) is 24.0 Å². The van der Waals surface area contributed by atoms with Gasteiger partial charge in [-0.25, -0.2) is 0 Å². The standard InChI is InChI=1S/C14H22N2S/c1-6-9-13(16-8-3)12(7-2)11(4)10-14(15)17-5/h6-9,14,16H,2-4,10,15H2,1,5H3/b9-6-,13-12-. The molecular formula is C14H22N2S. The Hall–Kier alpha value is -1.19. The van der Waals surface area contributed by atoms with Gasteiger partial charge in [-0.1, -0.05) is 31.9 Å². The van der Waals surface area contributed by atoms with Gasteiger partial charge in [0.25, 0.3) is 0 Å². The summed E-state index contributed by atoms with van der Waals surface area (Å²) in [5, 5.41) is 3.15. The second-order valence-electron chi connectivity index (χ2n) is 3.46. The van der Waals surface area contributed by atoms with Crippen LogP contribution in [0.5, 0.6) is 0 Å². The van der Waals surface area contributed by atoms with Crippen LogP contribution in [0.15, 0.2) is 61.0 Å². The number of hydrogen-bond donors (Lipinski definition) is 2. The van der Waals surface area contributed by atoms with E-state index in [0.29, 0.717) is 0 Å². The van der Waals surface area contributed by atoms with Gasteiger partial charge in [-0.15, -0.1) is 11.8 Å². The number of nitrogens with two attached hydrogens (primary N) is 1. The Morgan fingerprint density at radius 1 is 1.47 bits per heavy atom. The number of hydrogen-bond acceptors (Lipinski definition) is 3. The van der Waals surface area contributed by atoms with E-state index in [2.05, 4.69) is 25.1 Å². The van der Waals surface area contributed by atoms with E-state index in [0.717, 1.165) is 23.3 Å². The van der Waals surface area contributed by atoms with Crippen molar-refractivity contribution in [2.45, 2.75) is 18.7 Å². The van der Waals surface area contributed by atoms with Crippen LogP contribution >= 0.6 is 11.8 Å². The monoisotopic (exact) mass is 250 g/mol. The molecular weight excluding hydrogens is 228 g/mol. The molecule has 0 heterocycles. The molecule has 94 valence electrons. The van der Waals surface area contributed by atoms with E-state index >= 15 is 0 Å². The molecule has 0 rings (SSSR count). The van der Waals surface area contributed by atoms with Crippen LogP contribution in [-0.2, 0) is 0 Å². The lowest BCUT2D eigenvalue weighted by molar-refractivity contribution is 0.898. The maximum Gasteiger partial charge on any atom is 0.0545 e. The predicted molar refractivity (Wildman–Crippen MR) is 80.6 cm³/mol. The summed E-state index contributed by atoms with van der Waals surface area (Å²) in [4.78, 5) is 0. The first-order chi connectivity index (χ1) is 8.10. The number of allylic oxidation sites excluding steroid dienone is 4. The maximum absolute atomic E-state index is 5.90. The Kier molecular flexibility index (Phi) is 8.28. The van der Waals surface area contributed by atoms with Gasteiger partial charge >= 0.3 is 0 Å². The highest BCUT2D eigenvalue weighted by atomic mass is 32.2. The highest BCUT2D eigenvalue weighted by Gasteiger charge is 2.08. The highest BCUT2D eigenvalue weighted by Crippen LogP contribution is 2.21. The molecule has 2 nitrogen and oxygen atoms in total. The molecule has 1 atom stereocenters. The van der Waals surface area contributed by atoms with Gasteiger partial charge in [0.1, 0.15) is 0 Å². The third-order valence-corrected chi connectivity index (χ3v) is 2.99. The van der Waals surface area contributed by atoms with E-state index < -0.39 is 0 Å². The van der Waals surface area contributed by atoms with Crippen molar-refractivity contribution in [2.75, 3.05) is 6.26 Å². The van der Waals surface area contributed by atoms with E-state index in [9.17, 15) is 0 Å². The normalized spacial score (nSPS) is 14.1. The van der Waals surface area contributed by atoms with E-state index in [4.69, 9.17) is 5.73 Å². The van der Waals surface area contributed by atoms with Crippen LogP contribution in [0, 0.1) is 0 Å². The minimum atomic E-state index is 0.0630. The molecule has 0 aliphatic rings. The molecule has 3 heteroatoms. The summed E-state index contributed by atoms with van der Waals surface area (Å²) in [6.07, 6.45) is 10.1. The van der Waals surface area contributed by atoms with Crippen LogP contribution in [-0.4, -0.2) is 11.6 Å². The van der Waals surface area contributed by atoms with Crippen molar-refractivity contribution in [3.05, 3.63) is 61.0 Å². The van der Waals surface area contributed by atoms with Crippen LogP contribution < -0.4 is 11.1 Å². The Labute approximate surface area is 109 Å². The van der Waals surface area contributed by atoms with E-state index in [-0.39, 0.29) is 5.37 Å².